The van der Waals surface area contributed by atoms with Crippen LogP contribution in [0.4, 0.5) is 15.6 Å². The number of carbonyl (C=O) groups is 2. The first-order valence-corrected chi connectivity index (χ1v) is 12.2. The highest BCUT2D eigenvalue weighted by Gasteiger charge is 2.24. The van der Waals surface area contributed by atoms with Crippen molar-refractivity contribution in [2.75, 3.05) is 5.32 Å². The van der Waals surface area contributed by atoms with Crippen LogP contribution in [0, 0.1) is 17.0 Å². The van der Waals surface area contributed by atoms with Crippen molar-refractivity contribution in [1.82, 2.24) is 10.3 Å². The second-order valence-corrected chi connectivity index (χ2v) is 9.37. The highest BCUT2D eigenvalue weighted by atomic mass is 32.1. The van der Waals surface area contributed by atoms with E-state index in [9.17, 15) is 19.7 Å². The van der Waals surface area contributed by atoms with Gasteiger partial charge in [-0.25, -0.2) is 9.78 Å². The van der Waals surface area contributed by atoms with Gasteiger partial charge in [-0.05, 0) is 18.1 Å². The highest BCUT2D eigenvalue weighted by molar-refractivity contribution is 7.16. The lowest BCUT2D eigenvalue weighted by Gasteiger charge is -2.18. The van der Waals surface area contributed by atoms with Crippen LogP contribution in [0.5, 0.6) is 0 Å². The van der Waals surface area contributed by atoms with Crippen LogP contribution < -0.4 is 10.6 Å². The van der Waals surface area contributed by atoms with Crippen molar-refractivity contribution < 1.29 is 19.2 Å². The van der Waals surface area contributed by atoms with Crippen molar-refractivity contribution in [2.45, 2.75) is 26.0 Å². The van der Waals surface area contributed by atoms with Gasteiger partial charge in [0.25, 0.3) is 5.69 Å². The van der Waals surface area contributed by atoms with Crippen LogP contribution in [0.2, 0.25) is 0 Å². The van der Waals surface area contributed by atoms with E-state index in [1.807, 2.05) is 67.6 Å². The Hall–Kier alpha value is -4.57. The number of aryl methyl sites for hydroxylation is 1. The number of ether oxygens (including phenoxy) is 1. The van der Waals surface area contributed by atoms with E-state index in [1.54, 1.807) is 12.1 Å². The Labute approximate surface area is 217 Å². The normalized spacial score (nSPS) is 11.4. The SMILES string of the molecule is Cc1sc(NC(=O)[C@@H](Cc2ccc([N+](=O)[O-])cc2)NC(=O)OCc2ccccc2)nc1-c1ccccc1. The van der Waals surface area contributed by atoms with Crippen LogP contribution in [0.15, 0.2) is 84.9 Å². The van der Waals surface area contributed by atoms with E-state index in [0.717, 1.165) is 21.7 Å². The maximum Gasteiger partial charge on any atom is 0.408 e. The molecule has 1 heterocycles. The summed E-state index contributed by atoms with van der Waals surface area (Å²) in [5.74, 6) is -0.483. The van der Waals surface area contributed by atoms with Crippen LogP contribution in [0.1, 0.15) is 16.0 Å². The quantitative estimate of drug-likeness (QED) is 0.224. The molecule has 1 atom stereocenters. The van der Waals surface area contributed by atoms with Gasteiger partial charge in [0.2, 0.25) is 5.91 Å². The summed E-state index contributed by atoms with van der Waals surface area (Å²) in [6.07, 6.45) is -0.661. The molecule has 0 aliphatic rings. The van der Waals surface area contributed by atoms with Gasteiger partial charge in [-0.2, -0.15) is 0 Å². The first kappa shape index (κ1) is 25.5. The third kappa shape index (κ3) is 6.98. The number of aromatic nitrogens is 1. The maximum atomic E-state index is 13.2. The van der Waals surface area contributed by atoms with Gasteiger partial charge in [-0.3, -0.25) is 14.9 Å². The van der Waals surface area contributed by atoms with Gasteiger partial charge in [0.15, 0.2) is 5.13 Å². The number of alkyl carbamates (subject to hydrolysis) is 1. The Morgan fingerprint density at radius 1 is 0.973 bits per heavy atom. The lowest BCUT2D eigenvalue weighted by atomic mass is 10.0. The van der Waals surface area contributed by atoms with E-state index >= 15 is 0 Å². The lowest BCUT2D eigenvalue weighted by Crippen LogP contribution is -2.45. The topological polar surface area (TPSA) is 123 Å². The molecule has 0 saturated heterocycles. The van der Waals surface area contributed by atoms with E-state index in [2.05, 4.69) is 15.6 Å². The summed E-state index contributed by atoms with van der Waals surface area (Å²) in [5, 5.41) is 16.8. The number of anilines is 1. The van der Waals surface area contributed by atoms with Crippen LogP contribution in [-0.4, -0.2) is 27.9 Å². The zero-order valence-corrected chi connectivity index (χ0v) is 20.7. The molecule has 3 aromatic carbocycles. The Morgan fingerprint density at radius 2 is 1.62 bits per heavy atom. The second kappa shape index (κ2) is 11.9. The monoisotopic (exact) mass is 516 g/mol. The van der Waals surface area contributed by atoms with Crippen molar-refractivity contribution in [3.05, 3.63) is 111 Å². The van der Waals surface area contributed by atoms with Gasteiger partial charge in [-0.1, -0.05) is 72.8 Å². The second-order valence-electron chi connectivity index (χ2n) is 8.17. The fourth-order valence-corrected chi connectivity index (χ4v) is 4.45. The molecule has 4 aromatic rings. The van der Waals surface area contributed by atoms with Gasteiger partial charge < -0.3 is 15.4 Å². The average molecular weight is 517 g/mol. The summed E-state index contributed by atoms with van der Waals surface area (Å²) in [6, 6.07) is 23.6. The molecule has 1 aromatic heterocycles. The molecular formula is C27H24N4O5S. The predicted octanol–water partition coefficient (Wildman–Crippen LogP) is 5.50. The number of nitrogens with one attached hydrogen (secondary N) is 2. The van der Waals surface area contributed by atoms with Gasteiger partial charge in [0, 0.05) is 29.0 Å². The number of thiazole rings is 1. The fraction of sp³-hybridized carbons (Fsp3) is 0.148. The number of carbonyl (C=O) groups excluding carboxylic acids is 2. The maximum absolute atomic E-state index is 13.2. The molecule has 9 nitrogen and oxygen atoms in total. The fourth-order valence-electron chi connectivity index (χ4n) is 3.61. The molecule has 0 saturated carbocycles. The molecule has 0 spiro atoms. The van der Waals surface area contributed by atoms with Crippen molar-refractivity contribution in [3.63, 3.8) is 0 Å². The minimum atomic E-state index is -1.01. The number of hydrogen-bond donors (Lipinski definition) is 2. The van der Waals surface area contributed by atoms with E-state index in [-0.39, 0.29) is 18.7 Å². The predicted molar refractivity (Wildman–Crippen MR) is 141 cm³/mol. The molecule has 10 heteroatoms. The molecule has 0 radical (unpaired) electrons. The molecule has 4 rings (SSSR count). The molecule has 0 aliphatic carbocycles. The molecule has 0 bridgehead atoms. The standard InChI is InChI=1S/C27H24N4O5S/c1-18-24(21-10-6-3-7-11-21)29-26(37-18)30-25(32)23(16-19-12-14-22(15-13-19)31(34)35)28-27(33)36-17-20-8-4-2-5-9-20/h2-15,23H,16-17H2,1H3,(H,28,33)(H,29,30,32)/t23-/m1/s1. The third-order valence-corrected chi connectivity index (χ3v) is 6.37. The summed E-state index contributed by atoms with van der Waals surface area (Å²) in [7, 11) is 0. The van der Waals surface area contributed by atoms with Gasteiger partial charge >= 0.3 is 6.09 Å². The summed E-state index contributed by atoms with van der Waals surface area (Å²) in [4.78, 5) is 41.8. The van der Waals surface area contributed by atoms with E-state index in [1.165, 1.54) is 23.5 Å². The lowest BCUT2D eigenvalue weighted by molar-refractivity contribution is -0.384. The van der Waals surface area contributed by atoms with Crippen LogP contribution in [0.25, 0.3) is 11.3 Å². The molecule has 2 N–H and O–H groups in total. The largest absolute Gasteiger partial charge is 0.445 e. The Morgan fingerprint density at radius 3 is 2.27 bits per heavy atom. The van der Waals surface area contributed by atoms with E-state index in [0.29, 0.717) is 10.7 Å². The number of benzene rings is 3. The Bertz CT molecular complexity index is 1380. The average Bonchev–Trinajstić information content (AvgIpc) is 3.28. The van der Waals surface area contributed by atoms with E-state index < -0.39 is 23.0 Å². The number of nitro benzene ring substituents is 1. The van der Waals surface area contributed by atoms with Crippen LogP contribution in [-0.2, 0) is 22.6 Å². The highest BCUT2D eigenvalue weighted by Crippen LogP contribution is 2.30. The van der Waals surface area contributed by atoms with Crippen LogP contribution in [0.3, 0.4) is 0 Å². The summed E-state index contributed by atoms with van der Waals surface area (Å²) in [6.45, 7) is 1.97. The minimum absolute atomic E-state index is 0.0463. The molecule has 0 fully saturated rings. The Balaban J connectivity index is 1.49. The smallest absolute Gasteiger partial charge is 0.408 e. The molecule has 0 unspecified atom stereocenters. The van der Waals surface area contributed by atoms with Crippen LogP contribution >= 0.6 is 11.3 Å². The van der Waals surface area contributed by atoms with Gasteiger partial charge in [-0.15, -0.1) is 11.3 Å². The van der Waals surface area contributed by atoms with Crippen molar-refractivity contribution in [3.8, 4) is 11.3 Å². The minimum Gasteiger partial charge on any atom is -0.445 e. The summed E-state index contributed by atoms with van der Waals surface area (Å²) in [5.41, 5.74) is 3.08. The summed E-state index contributed by atoms with van der Waals surface area (Å²) >= 11 is 1.33. The van der Waals surface area contributed by atoms with E-state index in [4.69, 9.17) is 4.74 Å². The number of hydrogen-bond acceptors (Lipinski definition) is 7. The van der Waals surface area contributed by atoms with Gasteiger partial charge in [0.05, 0.1) is 10.6 Å². The first-order valence-electron chi connectivity index (χ1n) is 11.4. The molecule has 188 valence electrons. The number of rotatable bonds is 9. The number of non-ortho nitro benzene ring substituents is 1. The van der Waals surface area contributed by atoms with Crippen molar-refractivity contribution in [1.29, 1.82) is 0 Å². The van der Waals surface area contributed by atoms with Crippen molar-refractivity contribution >= 4 is 34.2 Å². The number of amides is 2. The Kier molecular flexibility index (Phi) is 8.22. The van der Waals surface area contributed by atoms with Gasteiger partial charge in [0.1, 0.15) is 12.6 Å². The zero-order chi connectivity index (χ0) is 26.2. The molecule has 37 heavy (non-hydrogen) atoms. The molecule has 0 aliphatic heterocycles. The zero-order valence-electron chi connectivity index (χ0n) is 19.9. The molecule has 2 amide bonds. The first-order chi connectivity index (χ1) is 17.9. The third-order valence-electron chi connectivity index (χ3n) is 5.48. The molecular weight excluding hydrogens is 492 g/mol. The summed E-state index contributed by atoms with van der Waals surface area (Å²) < 4.78 is 5.30. The number of nitro groups is 1. The van der Waals surface area contributed by atoms with Crippen molar-refractivity contribution in [2.24, 2.45) is 0 Å². The number of nitrogens with zero attached hydrogens (tertiary/aromatic N) is 2.